The van der Waals surface area contributed by atoms with E-state index in [0.29, 0.717) is 19.5 Å². The number of aliphatic hydroxyl groups excluding tert-OH is 1. The van der Waals surface area contributed by atoms with Gasteiger partial charge in [0.15, 0.2) is 0 Å². The van der Waals surface area contributed by atoms with Crippen LogP contribution >= 0.6 is 0 Å². The topological polar surface area (TPSA) is 90.2 Å². The average molecular weight is 218 g/mol. The van der Waals surface area contributed by atoms with Crippen LogP contribution in [0.1, 0.15) is 32.1 Å². The van der Waals surface area contributed by atoms with Crippen LogP contribution in [0.5, 0.6) is 0 Å². The zero-order chi connectivity index (χ0) is 11.5. The molecule has 0 rings (SSSR count). The first-order valence-corrected chi connectivity index (χ1v) is 5.11. The van der Waals surface area contributed by atoms with Crippen LogP contribution in [0.15, 0.2) is 5.29 Å². The Balaban J connectivity index is 3.46. The third-order valence-corrected chi connectivity index (χ3v) is 2.00. The Labute approximate surface area is 88.8 Å². The number of hydrogen-bond acceptors (Lipinski definition) is 4. The first-order valence-electron chi connectivity index (χ1n) is 5.11. The molecule has 0 saturated heterocycles. The lowest BCUT2D eigenvalue weighted by Crippen LogP contribution is -2.20. The molecule has 0 atom stereocenters. The number of nitroso groups, excluding NO2 is 1. The Hall–Kier alpha value is -1.17. The number of rotatable bonds is 10. The fourth-order valence-electron chi connectivity index (χ4n) is 1.19. The monoisotopic (exact) mass is 218 g/mol. The summed E-state index contributed by atoms with van der Waals surface area (Å²) in [7, 11) is 0. The van der Waals surface area contributed by atoms with Crippen molar-refractivity contribution in [3.8, 4) is 0 Å². The molecule has 6 nitrogen and oxygen atoms in total. The SMILES string of the molecule is O=NN(CCCCCO)CCCC(=O)O. The molecule has 0 amide bonds. The van der Waals surface area contributed by atoms with Gasteiger partial charge in [0, 0.05) is 26.1 Å². The van der Waals surface area contributed by atoms with Crippen molar-refractivity contribution < 1.29 is 15.0 Å². The predicted molar refractivity (Wildman–Crippen MR) is 55.2 cm³/mol. The predicted octanol–water partition coefficient (Wildman–Crippen LogP) is 0.997. The molecule has 0 radical (unpaired) electrons. The Morgan fingerprint density at radius 1 is 1.13 bits per heavy atom. The molecule has 15 heavy (non-hydrogen) atoms. The van der Waals surface area contributed by atoms with E-state index in [9.17, 15) is 9.70 Å². The highest BCUT2D eigenvalue weighted by atomic mass is 16.4. The summed E-state index contributed by atoms with van der Waals surface area (Å²) in [5.41, 5.74) is 0. The quantitative estimate of drug-likeness (QED) is 0.324. The Morgan fingerprint density at radius 3 is 2.33 bits per heavy atom. The summed E-state index contributed by atoms with van der Waals surface area (Å²) in [5.74, 6) is -0.860. The number of aliphatic hydroxyl groups is 1. The van der Waals surface area contributed by atoms with E-state index in [1.807, 2.05) is 0 Å². The summed E-state index contributed by atoms with van der Waals surface area (Å²) in [6.45, 7) is 1.07. The smallest absolute Gasteiger partial charge is 0.303 e. The molecule has 0 aromatic heterocycles. The number of carbonyl (C=O) groups is 1. The van der Waals surface area contributed by atoms with Crippen LogP contribution in [0.2, 0.25) is 0 Å². The van der Waals surface area contributed by atoms with Gasteiger partial charge in [-0.2, -0.15) is 0 Å². The van der Waals surface area contributed by atoms with Crippen molar-refractivity contribution in [2.24, 2.45) is 5.29 Å². The number of unbranched alkanes of at least 4 members (excludes halogenated alkanes) is 2. The number of carboxylic acid groups (broad SMARTS) is 1. The Morgan fingerprint density at radius 2 is 1.80 bits per heavy atom. The van der Waals surface area contributed by atoms with Gasteiger partial charge in [-0.05, 0) is 25.7 Å². The van der Waals surface area contributed by atoms with Crippen LogP contribution in [0, 0.1) is 4.91 Å². The van der Waals surface area contributed by atoms with Gasteiger partial charge in [0.2, 0.25) is 0 Å². The lowest BCUT2D eigenvalue weighted by molar-refractivity contribution is -0.137. The molecule has 6 heteroatoms. The minimum absolute atomic E-state index is 0.0582. The van der Waals surface area contributed by atoms with E-state index >= 15 is 0 Å². The summed E-state index contributed by atoms with van der Waals surface area (Å²) in [4.78, 5) is 20.5. The summed E-state index contributed by atoms with van der Waals surface area (Å²) in [5, 5.41) is 21.1. The van der Waals surface area contributed by atoms with Crippen molar-refractivity contribution in [3.63, 3.8) is 0 Å². The molecule has 0 saturated carbocycles. The maximum absolute atomic E-state index is 10.3. The van der Waals surface area contributed by atoms with Crippen LogP contribution in [-0.4, -0.2) is 40.9 Å². The molecule has 2 N–H and O–H groups in total. The average Bonchev–Trinajstić information content (AvgIpc) is 2.21. The highest BCUT2D eigenvalue weighted by Gasteiger charge is 2.04. The van der Waals surface area contributed by atoms with Crippen LogP contribution in [0.3, 0.4) is 0 Å². The molecule has 0 aromatic carbocycles. The highest BCUT2D eigenvalue weighted by molar-refractivity contribution is 5.66. The zero-order valence-electron chi connectivity index (χ0n) is 8.76. The van der Waals surface area contributed by atoms with Crippen LogP contribution < -0.4 is 0 Å². The first-order chi connectivity index (χ1) is 7.20. The van der Waals surface area contributed by atoms with Gasteiger partial charge in [-0.15, -0.1) is 4.91 Å². The van der Waals surface area contributed by atoms with Crippen molar-refractivity contribution in [3.05, 3.63) is 4.91 Å². The second-order valence-corrected chi connectivity index (χ2v) is 3.32. The minimum atomic E-state index is -0.860. The summed E-state index contributed by atoms with van der Waals surface area (Å²) < 4.78 is 0. The number of carboxylic acids is 1. The highest BCUT2D eigenvalue weighted by Crippen LogP contribution is 2.01. The van der Waals surface area contributed by atoms with E-state index in [1.165, 1.54) is 5.01 Å². The van der Waals surface area contributed by atoms with E-state index in [4.69, 9.17) is 10.2 Å². The fourth-order valence-corrected chi connectivity index (χ4v) is 1.19. The van der Waals surface area contributed by atoms with Gasteiger partial charge in [-0.25, -0.2) is 0 Å². The maximum Gasteiger partial charge on any atom is 0.303 e. The Bertz CT molecular complexity index is 187. The Kier molecular flexibility index (Phi) is 8.66. The summed E-state index contributed by atoms with van der Waals surface area (Å²) >= 11 is 0. The summed E-state index contributed by atoms with van der Waals surface area (Å²) in [6, 6.07) is 0. The molecule has 0 aromatic rings. The van der Waals surface area contributed by atoms with Gasteiger partial charge < -0.3 is 10.2 Å². The lowest BCUT2D eigenvalue weighted by Gasteiger charge is -2.13. The molecular weight excluding hydrogens is 200 g/mol. The van der Waals surface area contributed by atoms with E-state index < -0.39 is 5.97 Å². The molecule has 0 unspecified atom stereocenters. The van der Waals surface area contributed by atoms with E-state index in [-0.39, 0.29) is 13.0 Å². The zero-order valence-corrected chi connectivity index (χ0v) is 8.76. The summed E-state index contributed by atoms with van der Waals surface area (Å²) in [6.07, 6.45) is 2.85. The molecule has 0 aliphatic carbocycles. The largest absolute Gasteiger partial charge is 0.481 e. The first kappa shape index (κ1) is 13.8. The van der Waals surface area contributed by atoms with Crippen LogP contribution in [0.4, 0.5) is 0 Å². The van der Waals surface area contributed by atoms with Gasteiger partial charge >= 0.3 is 5.97 Å². The molecule has 0 aliphatic heterocycles. The third kappa shape index (κ3) is 9.14. The van der Waals surface area contributed by atoms with Crippen LogP contribution in [0.25, 0.3) is 0 Å². The van der Waals surface area contributed by atoms with Gasteiger partial charge in [-0.1, -0.05) is 0 Å². The lowest BCUT2D eigenvalue weighted by atomic mass is 10.2. The molecular formula is C9H18N2O4. The van der Waals surface area contributed by atoms with Crippen molar-refractivity contribution >= 4 is 5.97 Å². The molecule has 88 valence electrons. The second kappa shape index (κ2) is 9.39. The van der Waals surface area contributed by atoms with Crippen molar-refractivity contribution in [1.29, 1.82) is 0 Å². The van der Waals surface area contributed by atoms with E-state index in [2.05, 4.69) is 5.29 Å². The number of nitrogens with zero attached hydrogens (tertiary/aromatic N) is 2. The molecule has 0 heterocycles. The van der Waals surface area contributed by atoms with Crippen LogP contribution in [-0.2, 0) is 4.79 Å². The molecule has 0 fully saturated rings. The van der Waals surface area contributed by atoms with Crippen molar-refractivity contribution in [2.45, 2.75) is 32.1 Å². The second-order valence-electron chi connectivity index (χ2n) is 3.32. The third-order valence-electron chi connectivity index (χ3n) is 2.00. The standard InChI is InChI=1S/C9H18N2O4/c12-8-3-1-2-6-11(10-15)7-4-5-9(13)14/h12H,1-8H2,(H,13,14). The van der Waals surface area contributed by atoms with Gasteiger partial charge in [0.25, 0.3) is 0 Å². The fraction of sp³-hybridized carbons (Fsp3) is 0.889. The van der Waals surface area contributed by atoms with Gasteiger partial charge in [0.05, 0.1) is 5.29 Å². The maximum atomic E-state index is 10.3. The minimum Gasteiger partial charge on any atom is -0.481 e. The normalized spacial score (nSPS) is 9.93. The number of hydrogen-bond donors (Lipinski definition) is 2. The molecule has 0 aliphatic rings. The molecule has 0 bridgehead atoms. The van der Waals surface area contributed by atoms with E-state index in [1.54, 1.807) is 0 Å². The van der Waals surface area contributed by atoms with Gasteiger partial charge in [0.1, 0.15) is 0 Å². The van der Waals surface area contributed by atoms with Crippen molar-refractivity contribution in [2.75, 3.05) is 19.7 Å². The number of aliphatic carboxylic acids is 1. The van der Waals surface area contributed by atoms with Crippen molar-refractivity contribution in [1.82, 2.24) is 5.01 Å². The van der Waals surface area contributed by atoms with E-state index in [0.717, 1.165) is 19.3 Å². The van der Waals surface area contributed by atoms with Gasteiger partial charge in [-0.3, -0.25) is 9.80 Å². The molecule has 0 spiro atoms.